The third-order valence-corrected chi connectivity index (χ3v) is 3.71. The van der Waals surface area contributed by atoms with Crippen LogP contribution in [-0.4, -0.2) is 48.9 Å². The second-order valence-electron chi connectivity index (χ2n) is 5.10. The Kier molecular flexibility index (Phi) is 5.73. The molecule has 0 bridgehead atoms. The van der Waals surface area contributed by atoms with E-state index in [0.29, 0.717) is 5.92 Å². The van der Waals surface area contributed by atoms with Gasteiger partial charge in [0.05, 0.1) is 6.54 Å². The average molecular weight is 225 g/mol. The molecule has 0 amide bonds. The molecule has 0 spiro atoms. The van der Waals surface area contributed by atoms with Crippen LogP contribution in [0, 0.1) is 5.92 Å². The first-order valence-electron chi connectivity index (χ1n) is 5.79. The number of hydrogen-bond donors (Lipinski definition) is 0. The molecule has 0 aliphatic rings. The van der Waals surface area contributed by atoms with Crippen LogP contribution in [0.5, 0.6) is 0 Å². The number of rotatable bonds is 5. The third-order valence-electron chi connectivity index (χ3n) is 3.71. The normalized spacial score (nSPS) is 13.4. The van der Waals surface area contributed by atoms with Gasteiger partial charge in [-0.05, 0) is 33.0 Å². The molecule has 94 valence electrons. The lowest BCUT2D eigenvalue weighted by atomic mass is 9.89. The zero-order chi connectivity index (χ0) is 12.9. The highest BCUT2D eigenvalue weighted by Crippen LogP contribution is 2.22. The summed E-state index contributed by atoms with van der Waals surface area (Å²) in [5.41, 5.74) is 0.165. The van der Waals surface area contributed by atoms with Crippen molar-refractivity contribution >= 4 is 5.84 Å². The van der Waals surface area contributed by atoms with E-state index in [0.717, 1.165) is 12.4 Å². The SMILES string of the molecule is C=CN(C)C(CN(C)C(C)(C)C(C)C)=NC. The molecule has 0 radical (unpaired) electrons. The van der Waals surface area contributed by atoms with Gasteiger partial charge in [-0.3, -0.25) is 9.89 Å². The van der Waals surface area contributed by atoms with Crippen LogP contribution in [0.3, 0.4) is 0 Å². The van der Waals surface area contributed by atoms with Crippen molar-refractivity contribution in [1.82, 2.24) is 9.80 Å². The molecule has 0 aromatic heterocycles. The van der Waals surface area contributed by atoms with E-state index >= 15 is 0 Å². The lowest BCUT2D eigenvalue weighted by Gasteiger charge is -2.40. The topological polar surface area (TPSA) is 18.8 Å². The number of likely N-dealkylation sites (N-methyl/N-ethyl adjacent to an activating group) is 2. The van der Waals surface area contributed by atoms with Crippen LogP contribution in [0.4, 0.5) is 0 Å². The summed E-state index contributed by atoms with van der Waals surface area (Å²) in [6.07, 6.45) is 1.79. The molecule has 3 nitrogen and oxygen atoms in total. The van der Waals surface area contributed by atoms with Gasteiger partial charge in [-0.25, -0.2) is 0 Å². The van der Waals surface area contributed by atoms with Gasteiger partial charge < -0.3 is 4.90 Å². The van der Waals surface area contributed by atoms with Crippen molar-refractivity contribution in [3.8, 4) is 0 Å². The number of amidine groups is 1. The molecule has 3 heteroatoms. The molecule has 0 heterocycles. The lowest BCUT2D eigenvalue weighted by Crippen LogP contribution is -2.49. The standard InChI is InChI=1S/C13H27N3/c1-9-15(7)12(14-6)10-16(8)13(4,5)11(2)3/h9,11H,1,10H2,2-8H3. The first kappa shape index (κ1) is 15.2. The lowest BCUT2D eigenvalue weighted by molar-refractivity contribution is 0.121. The summed E-state index contributed by atoms with van der Waals surface area (Å²) in [6, 6.07) is 0. The molecule has 0 N–H and O–H groups in total. The smallest absolute Gasteiger partial charge is 0.117 e. The fourth-order valence-electron chi connectivity index (χ4n) is 1.30. The Hall–Kier alpha value is -0.830. The molecular weight excluding hydrogens is 198 g/mol. The quantitative estimate of drug-likeness (QED) is 0.529. The van der Waals surface area contributed by atoms with E-state index in [2.05, 4.69) is 51.2 Å². The van der Waals surface area contributed by atoms with Gasteiger partial charge in [0.1, 0.15) is 5.84 Å². The highest BCUT2D eigenvalue weighted by molar-refractivity contribution is 5.84. The Morgan fingerprint density at radius 3 is 2.19 bits per heavy atom. The second kappa shape index (κ2) is 6.04. The fraction of sp³-hybridized carbons (Fsp3) is 0.769. The van der Waals surface area contributed by atoms with Crippen molar-refractivity contribution in [1.29, 1.82) is 0 Å². The van der Waals surface area contributed by atoms with Gasteiger partial charge >= 0.3 is 0 Å². The predicted molar refractivity (Wildman–Crippen MR) is 72.9 cm³/mol. The third kappa shape index (κ3) is 3.63. The van der Waals surface area contributed by atoms with Gasteiger partial charge in [-0.15, -0.1) is 0 Å². The van der Waals surface area contributed by atoms with E-state index < -0.39 is 0 Å². The van der Waals surface area contributed by atoms with Crippen molar-refractivity contribution in [2.45, 2.75) is 33.2 Å². The number of hydrogen-bond acceptors (Lipinski definition) is 2. The fourth-order valence-corrected chi connectivity index (χ4v) is 1.30. The molecular formula is C13H27N3. The predicted octanol–water partition coefficient (Wildman–Crippen LogP) is 2.46. The van der Waals surface area contributed by atoms with Gasteiger partial charge in [-0.1, -0.05) is 20.4 Å². The van der Waals surface area contributed by atoms with E-state index in [-0.39, 0.29) is 5.54 Å². The maximum Gasteiger partial charge on any atom is 0.117 e. The van der Waals surface area contributed by atoms with Crippen molar-refractivity contribution in [2.24, 2.45) is 10.9 Å². The molecule has 0 aromatic carbocycles. The van der Waals surface area contributed by atoms with E-state index in [1.54, 1.807) is 6.20 Å². The molecule has 0 aliphatic carbocycles. The van der Waals surface area contributed by atoms with Crippen molar-refractivity contribution < 1.29 is 0 Å². The maximum absolute atomic E-state index is 4.30. The Balaban J connectivity index is 4.66. The molecule has 0 aromatic rings. The van der Waals surface area contributed by atoms with Crippen LogP contribution in [-0.2, 0) is 0 Å². The minimum Gasteiger partial charge on any atom is -0.339 e. The van der Waals surface area contributed by atoms with Crippen molar-refractivity contribution in [2.75, 3.05) is 27.7 Å². The molecule has 0 fully saturated rings. The van der Waals surface area contributed by atoms with Gasteiger partial charge in [0.15, 0.2) is 0 Å². The van der Waals surface area contributed by atoms with Crippen LogP contribution in [0.25, 0.3) is 0 Å². The van der Waals surface area contributed by atoms with Gasteiger partial charge in [0, 0.05) is 19.6 Å². The van der Waals surface area contributed by atoms with E-state index in [1.807, 2.05) is 19.0 Å². The Bertz CT molecular complexity index is 254. The Morgan fingerprint density at radius 1 is 1.38 bits per heavy atom. The van der Waals surface area contributed by atoms with Crippen LogP contribution in [0.2, 0.25) is 0 Å². The van der Waals surface area contributed by atoms with Crippen LogP contribution in [0.15, 0.2) is 17.8 Å². The Labute approximate surface area is 101 Å². The molecule has 0 aliphatic heterocycles. The minimum absolute atomic E-state index is 0.165. The molecule has 0 saturated carbocycles. The first-order chi connectivity index (χ1) is 7.27. The monoisotopic (exact) mass is 225 g/mol. The number of aliphatic imine (C=N–C) groups is 1. The summed E-state index contributed by atoms with van der Waals surface area (Å²) in [5.74, 6) is 1.64. The van der Waals surface area contributed by atoms with Crippen LogP contribution < -0.4 is 0 Å². The summed E-state index contributed by atoms with van der Waals surface area (Å²) in [6.45, 7) is 13.6. The van der Waals surface area contributed by atoms with Gasteiger partial charge in [0.2, 0.25) is 0 Å². The minimum atomic E-state index is 0.165. The molecule has 16 heavy (non-hydrogen) atoms. The largest absolute Gasteiger partial charge is 0.339 e. The van der Waals surface area contributed by atoms with Crippen molar-refractivity contribution in [3.63, 3.8) is 0 Å². The van der Waals surface area contributed by atoms with Crippen LogP contribution >= 0.6 is 0 Å². The zero-order valence-corrected chi connectivity index (χ0v) is 11.9. The van der Waals surface area contributed by atoms with Gasteiger partial charge in [-0.2, -0.15) is 0 Å². The summed E-state index contributed by atoms with van der Waals surface area (Å²) in [4.78, 5) is 8.60. The number of nitrogens with zero attached hydrogens (tertiary/aromatic N) is 3. The maximum atomic E-state index is 4.30. The summed E-state index contributed by atoms with van der Waals surface area (Å²) in [5, 5.41) is 0. The molecule has 0 saturated heterocycles. The summed E-state index contributed by atoms with van der Waals surface area (Å²) < 4.78 is 0. The van der Waals surface area contributed by atoms with Gasteiger partial charge in [0.25, 0.3) is 0 Å². The van der Waals surface area contributed by atoms with Crippen molar-refractivity contribution in [3.05, 3.63) is 12.8 Å². The van der Waals surface area contributed by atoms with E-state index in [4.69, 9.17) is 0 Å². The highest BCUT2D eigenvalue weighted by atomic mass is 15.2. The zero-order valence-electron chi connectivity index (χ0n) is 11.9. The summed E-state index contributed by atoms with van der Waals surface area (Å²) in [7, 11) is 5.94. The molecule has 0 rings (SSSR count). The van der Waals surface area contributed by atoms with Crippen LogP contribution in [0.1, 0.15) is 27.7 Å². The van der Waals surface area contributed by atoms with E-state index in [9.17, 15) is 0 Å². The molecule has 0 atom stereocenters. The highest BCUT2D eigenvalue weighted by Gasteiger charge is 2.28. The first-order valence-corrected chi connectivity index (χ1v) is 5.79. The molecule has 0 unspecified atom stereocenters. The second-order valence-corrected chi connectivity index (χ2v) is 5.10. The van der Waals surface area contributed by atoms with E-state index in [1.165, 1.54) is 0 Å². The summed E-state index contributed by atoms with van der Waals surface area (Å²) >= 11 is 0. The average Bonchev–Trinajstić information content (AvgIpc) is 2.23. The Morgan fingerprint density at radius 2 is 1.88 bits per heavy atom.